The number of nitrogens with zero attached hydrogens (tertiary/aromatic N) is 1. The molecule has 3 heteroatoms. The van der Waals surface area contributed by atoms with Crippen molar-refractivity contribution in [1.82, 2.24) is 5.16 Å². The van der Waals surface area contributed by atoms with Gasteiger partial charge < -0.3 is 10.3 Å². The molecule has 0 amide bonds. The van der Waals surface area contributed by atoms with Gasteiger partial charge in [0.1, 0.15) is 11.5 Å². The lowest BCUT2D eigenvalue weighted by molar-refractivity contribution is 0.384. The Balaban J connectivity index is 2.74. The highest BCUT2D eigenvalue weighted by Gasteiger charge is 2.06. The summed E-state index contributed by atoms with van der Waals surface area (Å²) in [7, 11) is 0. The zero-order valence-electron chi connectivity index (χ0n) is 6.29. The van der Waals surface area contributed by atoms with Crippen molar-refractivity contribution < 1.29 is 4.52 Å². The average Bonchev–Trinajstić information content (AvgIpc) is 2.34. The van der Waals surface area contributed by atoms with E-state index in [4.69, 9.17) is 10.3 Å². The summed E-state index contributed by atoms with van der Waals surface area (Å²) < 4.78 is 4.86. The number of nitrogens with two attached hydrogens (primary N) is 1. The molecule has 1 heterocycles. The maximum absolute atomic E-state index is 5.69. The minimum atomic E-state index is 0.0254. The number of aromatic nitrogens is 1. The predicted molar refractivity (Wildman–Crippen MR) is 38.5 cm³/mol. The van der Waals surface area contributed by atoms with Crippen LogP contribution in [0.4, 0.5) is 0 Å². The van der Waals surface area contributed by atoms with Gasteiger partial charge in [0, 0.05) is 6.07 Å². The molecule has 0 aliphatic carbocycles. The van der Waals surface area contributed by atoms with Crippen molar-refractivity contribution in [2.24, 2.45) is 5.73 Å². The van der Waals surface area contributed by atoms with Crippen LogP contribution in [-0.2, 0) is 0 Å². The van der Waals surface area contributed by atoms with E-state index in [2.05, 4.69) is 5.16 Å². The summed E-state index contributed by atoms with van der Waals surface area (Å²) in [6.07, 6.45) is 0.895. The first-order valence-corrected chi connectivity index (χ1v) is 3.43. The first-order valence-electron chi connectivity index (χ1n) is 3.43. The third-order valence-electron chi connectivity index (χ3n) is 1.47. The van der Waals surface area contributed by atoms with Crippen molar-refractivity contribution in [3.05, 3.63) is 17.5 Å². The second-order valence-electron chi connectivity index (χ2n) is 2.38. The van der Waals surface area contributed by atoms with E-state index in [1.54, 1.807) is 0 Å². The van der Waals surface area contributed by atoms with E-state index in [-0.39, 0.29) is 6.04 Å². The van der Waals surface area contributed by atoms with E-state index in [9.17, 15) is 0 Å². The molecule has 1 rings (SSSR count). The lowest BCUT2D eigenvalue weighted by Crippen LogP contribution is -2.08. The van der Waals surface area contributed by atoms with Gasteiger partial charge >= 0.3 is 0 Å². The van der Waals surface area contributed by atoms with Gasteiger partial charge in [0.15, 0.2) is 0 Å². The van der Waals surface area contributed by atoms with Gasteiger partial charge in [0.05, 0.1) is 6.04 Å². The molecule has 0 bridgehead atoms. The van der Waals surface area contributed by atoms with E-state index in [0.717, 1.165) is 17.9 Å². The average molecular weight is 140 g/mol. The third kappa shape index (κ3) is 1.36. The molecule has 1 aromatic rings. The van der Waals surface area contributed by atoms with Crippen LogP contribution in [0.2, 0.25) is 0 Å². The fraction of sp³-hybridized carbons (Fsp3) is 0.571. The first kappa shape index (κ1) is 7.28. The van der Waals surface area contributed by atoms with Gasteiger partial charge in [0.25, 0.3) is 0 Å². The van der Waals surface area contributed by atoms with Gasteiger partial charge in [0.2, 0.25) is 0 Å². The normalized spacial score (nSPS) is 13.5. The molecule has 1 aromatic heterocycles. The second kappa shape index (κ2) is 2.84. The summed E-state index contributed by atoms with van der Waals surface area (Å²) in [4.78, 5) is 0. The Hall–Kier alpha value is -0.830. The highest BCUT2D eigenvalue weighted by atomic mass is 16.5. The van der Waals surface area contributed by atoms with Gasteiger partial charge in [-0.05, 0) is 13.3 Å². The molecule has 2 N–H and O–H groups in total. The van der Waals surface area contributed by atoms with Gasteiger partial charge in [-0.2, -0.15) is 0 Å². The summed E-state index contributed by atoms with van der Waals surface area (Å²) in [6, 6.07) is 1.89. The summed E-state index contributed by atoms with van der Waals surface area (Å²) in [5, 5.41) is 3.79. The van der Waals surface area contributed by atoms with Crippen molar-refractivity contribution in [1.29, 1.82) is 0 Å². The standard InChI is InChI=1S/C7H12N2O/c1-3-6(8)7-4-5(2)10-9-7/h4,6H,3,8H2,1-2H3. The fourth-order valence-corrected chi connectivity index (χ4v) is 0.770. The maximum Gasteiger partial charge on any atom is 0.133 e. The molecule has 0 spiro atoms. The maximum atomic E-state index is 5.69. The lowest BCUT2D eigenvalue weighted by atomic mass is 10.2. The van der Waals surface area contributed by atoms with Gasteiger partial charge in [-0.15, -0.1) is 0 Å². The molecular formula is C7H12N2O. The SMILES string of the molecule is CCC(N)c1cc(C)on1. The Morgan fingerprint density at radius 3 is 2.90 bits per heavy atom. The molecule has 0 aliphatic rings. The topological polar surface area (TPSA) is 52.0 Å². The van der Waals surface area contributed by atoms with E-state index in [1.165, 1.54) is 0 Å². The fourth-order valence-electron chi connectivity index (χ4n) is 0.770. The molecule has 10 heavy (non-hydrogen) atoms. The van der Waals surface area contributed by atoms with Crippen molar-refractivity contribution >= 4 is 0 Å². The minimum absolute atomic E-state index is 0.0254. The second-order valence-corrected chi connectivity index (χ2v) is 2.38. The van der Waals surface area contributed by atoms with Crippen molar-refractivity contribution in [3.8, 4) is 0 Å². The van der Waals surface area contributed by atoms with Crippen molar-refractivity contribution in [3.63, 3.8) is 0 Å². The van der Waals surface area contributed by atoms with E-state index < -0.39 is 0 Å². The highest BCUT2D eigenvalue weighted by Crippen LogP contribution is 2.12. The van der Waals surface area contributed by atoms with Crippen LogP contribution in [0.1, 0.15) is 30.8 Å². The quantitative estimate of drug-likeness (QED) is 0.675. The highest BCUT2D eigenvalue weighted by molar-refractivity contribution is 5.07. The Labute approximate surface area is 60.2 Å². The van der Waals surface area contributed by atoms with Crippen LogP contribution < -0.4 is 5.73 Å². The van der Waals surface area contributed by atoms with Gasteiger partial charge in [-0.25, -0.2) is 0 Å². The zero-order valence-corrected chi connectivity index (χ0v) is 6.29. The van der Waals surface area contributed by atoms with Crippen LogP contribution in [0.5, 0.6) is 0 Å². The number of hydrogen-bond acceptors (Lipinski definition) is 3. The summed E-state index contributed by atoms with van der Waals surface area (Å²) in [5.41, 5.74) is 6.53. The van der Waals surface area contributed by atoms with E-state index >= 15 is 0 Å². The number of aryl methyl sites for hydroxylation is 1. The molecule has 56 valence electrons. The van der Waals surface area contributed by atoms with Crippen LogP contribution >= 0.6 is 0 Å². The Morgan fingerprint density at radius 2 is 2.50 bits per heavy atom. The van der Waals surface area contributed by atoms with Crippen molar-refractivity contribution in [2.45, 2.75) is 26.3 Å². The van der Waals surface area contributed by atoms with Gasteiger partial charge in [-0.3, -0.25) is 0 Å². The van der Waals surface area contributed by atoms with E-state index in [1.807, 2.05) is 19.9 Å². The van der Waals surface area contributed by atoms with Crippen LogP contribution in [0.25, 0.3) is 0 Å². The Morgan fingerprint density at radius 1 is 1.80 bits per heavy atom. The predicted octanol–water partition coefficient (Wildman–Crippen LogP) is 1.39. The molecule has 0 radical (unpaired) electrons. The Kier molecular flexibility index (Phi) is 2.06. The summed E-state index contributed by atoms with van der Waals surface area (Å²) >= 11 is 0. The van der Waals surface area contributed by atoms with Crippen LogP contribution in [0, 0.1) is 6.92 Å². The van der Waals surface area contributed by atoms with Gasteiger partial charge in [-0.1, -0.05) is 12.1 Å². The molecule has 0 saturated carbocycles. The van der Waals surface area contributed by atoms with Crippen LogP contribution in [-0.4, -0.2) is 5.16 Å². The number of rotatable bonds is 2. The lowest BCUT2D eigenvalue weighted by Gasteiger charge is -2.00. The molecule has 0 fully saturated rings. The minimum Gasteiger partial charge on any atom is -0.361 e. The number of hydrogen-bond donors (Lipinski definition) is 1. The summed E-state index contributed by atoms with van der Waals surface area (Å²) in [5.74, 6) is 0.818. The molecular weight excluding hydrogens is 128 g/mol. The summed E-state index contributed by atoms with van der Waals surface area (Å²) in [6.45, 7) is 3.88. The molecule has 1 unspecified atom stereocenters. The zero-order chi connectivity index (χ0) is 7.56. The monoisotopic (exact) mass is 140 g/mol. The van der Waals surface area contributed by atoms with Crippen LogP contribution in [0.3, 0.4) is 0 Å². The van der Waals surface area contributed by atoms with Crippen LogP contribution in [0.15, 0.2) is 10.6 Å². The smallest absolute Gasteiger partial charge is 0.133 e. The van der Waals surface area contributed by atoms with E-state index in [0.29, 0.717) is 0 Å². The third-order valence-corrected chi connectivity index (χ3v) is 1.47. The largest absolute Gasteiger partial charge is 0.361 e. The first-order chi connectivity index (χ1) is 4.74. The molecule has 0 saturated heterocycles. The molecule has 3 nitrogen and oxygen atoms in total. The Bertz CT molecular complexity index is 207. The van der Waals surface area contributed by atoms with Crippen molar-refractivity contribution in [2.75, 3.05) is 0 Å². The molecule has 1 atom stereocenters. The molecule has 0 aromatic carbocycles. The molecule has 0 aliphatic heterocycles.